The first-order valence-corrected chi connectivity index (χ1v) is 7.89. The second-order valence-electron chi connectivity index (χ2n) is 3.55. The van der Waals surface area contributed by atoms with E-state index in [0.717, 1.165) is 19.2 Å². The maximum atomic E-state index is 11.5. The quantitative estimate of drug-likeness (QED) is 0.706. The minimum Gasteiger partial charge on any atom is -0.495 e. The molecule has 0 bridgehead atoms. The summed E-state index contributed by atoms with van der Waals surface area (Å²) in [7, 11) is -7.83. The Bertz CT molecular complexity index is 679. The lowest BCUT2D eigenvalue weighted by molar-refractivity contribution is 0.195. The van der Waals surface area contributed by atoms with Crippen molar-refractivity contribution in [2.75, 3.05) is 13.7 Å². The van der Waals surface area contributed by atoms with Gasteiger partial charge in [-0.2, -0.15) is 8.42 Å². The zero-order chi connectivity index (χ0) is 14.8. The maximum absolute atomic E-state index is 11.5. The van der Waals surface area contributed by atoms with Crippen molar-refractivity contribution < 1.29 is 31.2 Å². The van der Waals surface area contributed by atoms with Crippen LogP contribution in [0.15, 0.2) is 21.9 Å². The van der Waals surface area contributed by atoms with Crippen LogP contribution < -0.4 is 9.88 Å². The van der Waals surface area contributed by atoms with Gasteiger partial charge in [-0.1, -0.05) is 0 Å². The van der Waals surface area contributed by atoms with E-state index in [-0.39, 0.29) is 11.3 Å². The highest BCUT2D eigenvalue weighted by atomic mass is 32.2. The number of rotatable bonds is 5. The standard InChI is InChI=1S/C9H12NO7S2/c1-17-7-2-3-8(19(14,15)16)6(4-5-11)9(7)18(10,12)13/h2-3H,4-5H2,1H3,(H2,10,12,13)(H,14,15,16). The summed E-state index contributed by atoms with van der Waals surface area (Å²) >= 11 is 0. The largest absolute Gasteiger partial charge is 0.495 e. The fourth-order valence-electron chi connectivity index (χ4n) is 1.64. The van der Waals surface area contributed by atoms with Gasteiger partial charge < -0.3 is 4.74 Å². The van der Waals surface area contributed by atoms with E-state index in [1.807, 2.05) is 0 Å². The summed E-state index contributed by atoms with van der Waals surface area (Å²) in [5.74, 6) is -0.196. The highest BCUT2D eigenvalue weighted by Crippen LogP contribution is 2.31. The van der Waals surface area contributed by atoms with Crippen LogP contribution in [-0.2, 0) is 31.7 Å². The van der Waals surface area contributed by atoms with Gasteiger partial charge in [0.2, 0.25) is 10.0 Å². The molecule has 0 saturated carbocycles. The Balaban J connectivity index is 3.84. The van der Waals surface area contributed by atoms with Gasteiger partial charge in [-0.05, 0) is 17.7 Å². The van der Waals surface area contributed by atoms with E-state index in [4.69, 9.17) is 14.4 Å². The van der Waals surface area contributed by atoms with Crippen molar-refractivity contribution in [3.8, 4) is 5.75 Å². The molecule has 0 aliphatic heterocycles. The van der Waals surface area contributed by atoms with Gasteiger partial charge in [-0.3, -0.25) is 4.55 Å². The fourth-order valence-corrected chi connectivity index (χ4v) is 3.45. The Morgan fingerprint density at radius 1 is 1.26 bits per heavy atom. The third-order valence-corrected chi connectivity index (χ3v) is 4.27. The predicted octanol–water partition coefficient (Wildman–Crippen LogP) is -0.438. The zero-order valence-corrected chi connectivity index (χ0v) is 11.5. The summed E-state index contributed by atoms with van der Waals surface area (Å²) in [6, 6.07) is 1.99. The van der Waals surface area contributed by atoms with Crippen LogP contribution in [-0.4, -0.2) is 35.1 Å². The molecule has 0 fully saturated rings. The van der Waals surface area contributed by atoms with E-state index in [0.29, 0.717) is 0 Å². The number of nitrogens with two attached hydrogens (primary N) is 1. The van der Waals surface area contributed by atoms with Gasteiger partial charge in [0.1, 0.15) is 10.6 Å². The molecule has 0 saturated heterocycles. The highest BCUT2D eigenvalue weighted by molar-refractivity contribution is 7.89. The van der Waals surface area contributed by atoms with Gasteiger partial charge in [0.05, 0.1) is 18.6 Å². The van der Waals surface area contributed by atoms with Crippen LogP contribution in [0.2, 0.25) is 0 Å². The highest BCUT2D eigenvalue weighted by Gasteiger charge is 2.27. The second kappa shape index (κ2) is 5.43. The molecule has 107 valence electrons. The summed E-state index contributed by atoms with van der Waals surface area (Å²) < 4.78 is 59.2. The lowest BCUT2D eigenvalue weighted by Crippen LogP contribution is -2.18. The van der Waals surface area contributed by atoms with Crippen LogP contribution >= 0.6 is 0 Å². The first kappa shape index (κ1) is 15.9. The molecular formula is C9H12NO7S2. The first-order valence-electron chi connectivity index (χ1n) is 4.91. The summed E-state index contributed by atoms with van der Waals surface area (Å²) in [5.41, 5.74) is -0.376. The van der Waals surface area contributed by atoms with Crippen LogP contribution in [0.4, 0.5) is 0 Å². The Hall–Kier alpha value is -1.20. The summed E-state index contributed by atoms with van der Waals surface area (Å²) in [4.78, 5) is -1.28. The van der Waals surface area contributed by atoms with Gasteiger partial charge in [-0.15, -0.1) is 0 Å². The third-order valence-electron chi connectivity index (χ3n) is 2.32. The number of ether oxygens (including phenoxy) is 1. The fraction of sp³-hybridized carbons (Fsp3) is 0.333. The van der Waals surface area contributed by atoms with Gasteiger partial charge in [0, 0.05) is 6.42 Å². The molecule has 1 radical (unpaired) electrons. The molecule has 0 spiro atoms. The molecule has 10 heteroatoms. The van der Waals surface area contributed by atoms with Crippen molar-refractivity contribution in [1.29, 1.82) is 0 Å². The number of hydrogen-bond acceptors (Lipinski definition) is 5. The molecule has 1 rings (SSSR count). The van der Waals surface area contributed by atoms with E-state index in [9.17, 15) is 21.9 Å². The van der Waals surface area contributed by atoms with Crippen molar-refractivity contribution in [3.05, 3.63) is 17.7 Å². The molecule has 19 heavy (non-hydrogen) atoms. The van der Waals surface area contributed by atoms with E-state index in [1.165, 1.54) is 0 Å². The Kier molecular flexibility index (Phi) is 4.53. The molecule has 1 aromatic rings. The second-order valence-corrected chi connectivity index (χ2v) is 6.44. The van der Waals surface area contributed by atoms with Gasteiger partial charge in [0.25, 0.3) is 10.1 Å². The molecule has 0 amide bonds. The van der Waals surface area contributed by atoms with Crippen molar-refractivity contribution in [3.63, 3.8) is 0 Å². The molecule has 0 aliphatic rings. The lowest BCUT2D eigenvalue weighted by atomic mass is 10.1. The molecule has 3 N–H and O–H groups in total. The Morgan fingerprint density at radius 3 is 2.21 bits per heavy atom. The number of benzene rings is 1. The molecule has 0 aromatic heterocycles. The topological polar surface area (TPSA) is 144 Å². The molecule has 1 aromatic carbocycles. The number of hydrogen-bond donors (Lipinski definition) is 2. The minimum atomic E-state index is -4.68. The van der Waals surface area contributed by atoms with Crippen molar-refractivity contribution in [2.45, 2.75) is 16.2 Å². The van der Waals surface area contributed by atoms with Crippen molar-refractivity contribution >= 4 is 20.1 Å². The molecule has 0 atom stereocenters. The van der Waals surface area contributed by atoms with Crippen molar-refractivity contribution in [2.24, 2.45) is 5.14 Å². The molecule has 8 nitrogen and oxygen atoms in total. The molecule has 0 unspecified atom stereocenters. The average Bonchev–Trinajstić information content (AvgIpc) is 2.25. The Labute approximate surface area is 110 Å². The number of sulfonamides is 1. The number of methoxy groups -OCH3 is 1. The summed E-state index contributed by atoms with van der Waals surface area (Å²) in [6.45, 7) is -0.780. The Morgan fingerprint density at radius 2 is 1.84 bits per heavy atom. The van der Waals surface area contributed by atoms with E-state index >= 15 is 0 Å². The molecule has 0 heterocycles. The first-order chi connectivity index (χ1) is 8.62. The third kappa shape index (κ3) is 3.42. The normalized spacial score (nSPS) is 12.4. The van der Waals surface area contributed by atoms with E-state index in [2.05, 4.69) is 0 Å². The molecule has 0 aliphatic carbocycles. The predicted molar refractivity (Wildman–Crippen MR) is 63.4 cm³/mol. The molecular weight excluding hydrogens is 298 g/mol. The monoisotopic (exact) mass is 310 g/mol. The summed E-state index contributed by atoms with van der Waals surface area (Å²) in [5, 5.41) is 15.7. The van der Waals surface area contributed by atoms with Crippen LogP contribution in [0, 0.1) is 0 Å². The van der Waals surface area contributed by atoms with Crippen molar-refractivity contribution in [1.82, 2.24) is 0 Å². The van der Waals surface area contributed by atoms with E-state index < -0.39 is 43.0 Å². The van der Waals surface area contributed by atoms with Gasteiger partial charge in [0.15, 0.2) is 0 Å². The van der Waals surface area contributed by atoms with Crippen LogP contribution in [0.25, 0.3) is 0 Å². The van der Waals surface area contributed by atoms with E-state index in [1.54, 1.807) is 0 Å². The van der Waals surface area contributed by atoms with Gasteiger partial charge in [-0.25, -0.2) is 18.7 Å². The maximum Gasteiger partial charge on any atom is 0.294 e. The SMILES string of the molecule is COc1ccc(S(=O)(=O)O)c(CC[O])c1S(N)(=O)=O. The van der Waals surface area contributed by atoms with Gasteiger partial charge >= 0.3 is 0 Å². The van der Waals surface area contributed by atoms with Crippen LogP contribution in [0.5, 0.6) is 5.75 Å². The number of primary sulfonamides is 1. The van der Waals surface area contributed by atoms with Crippen LogP contribution in [0.3, 0.4) is 0 Å². The smallest absolute Gasteiger partial charge is 0.294 e. The zero-order valence-electron chi connectivity index (χ0n) is 9.86. The summed E-state index contributed by atoms with van der Waals surface area (Å²) in [6.07, 6.45) is -0.432. The average molecular weight is 310 g/mol. The minimum absolute atomic E-state index is 0.196. The van der Waals surface area contributed by atoms with Crippen LogP contribution in [0.1, 0.15) is 5.56 Å². The lowest BCUT2D eigenvalue weighted by Gasteiger charge is -2.14.